The molecule has 0 saturated carbocycles. The molecule has 7 nitrogen and oxygen atoms in total. The van der Waals surface area contributed by atoms with Gasteiger partial charge >= 0.3 is 17.9 Å². The molecule has 0 bridgehead atoms. The van der Waals surface area contributed by atoms with Gasteiger partial charge < -0.3 is 18.9 Å². The minimum atomic E-state index is -0.876. The number of hydrogen-bond donors (Lipinski definition) is 0. The van der Waals surface area contributed by atoms with Crippen LogP contribution in [0.25, 0.3) is 0 Å². The summed E-state index contributed by atoms with van der Waals surface area (Å²) in [5, 5.41) is 0. The standard InChI is InChI=1S/C40H70O7/c1-5-9-10-11-12-13-14-15-16-17-18-19-20-21-22-23-24-25-26-27-28-29-30-31-32-33-40(47-39(43)8-4)45-35-36(46-38(42)7-3)34-44-37(41)6-2/h6-8,36,40H,2-5,9-35H2,1H3. The van der Waals surface area contributed by atoms with Crippen LogP contribution in [0.15, 0.2) is 38.0 Å². The Hall–Kier alpha value is -2.41. The normalized spacial score (nSPS) is 12.2. The average Bonchev–Trinajstić information content (AvgIpc) is 3.08. The van der Waals surface area contributed by atoms with E-state index in [9.17, 15) is 14.4 Å². The molecule has 0 aliphatic carbocycles. The van der Waals surface area contributed by atoms with Crippen LogP contribution in [0.1, 0.15) is 174 Å². The van der Waals surface area contributed by atoms with Gasteiger partial charge in [-0.2, -0.15) is 0 Å². The fraction of sp³-hybridized carbons (Fsp3) is 0.775. The van der Waals surface area contributed by atoms with E-state index in [-0.39, 0.29) is 13.2 Å². The van der Waals surface area contributed by atoms with E-state index in [2.05, 4.69) is 26.7 Å². The SMILES string of the molecule is C=CC(=O)OCC(COC(CCCCCCCCCCCCCCCCCCCCCCCCCCC)OC(=O)C=C)OC(=O)C=C. The maximum absolute atomic E-state index is 11.8. The molecule has 0 heterocycles. The molecule has 0 aromatic rings. The summed E-state index contributed by atoms with van der Waals surface area (Å²) in [6.07, 6.45) is 35.4. The van der Waals surface area contributed by atoms with E-state index < -0.39 is 30.3 Å². The molecule has 0 spiro atoms. The molecule has 0 aliphatic heterocycles. The molecule has 0 aromatic carbocycles. The van der Waals surface area contributed by atoms with Crippen molar-refractivity contribution in [2.24, 2.45) is 0 Å². The Morgan fingerprint density at radius 2 is 0.809 bits per heavy atom. The molecule has 0 aliphatic rings. The Bertz CT molecular complexity index is 793. The number of esters is 3. The van der Waals surface area contributed by atoms with Crippen molar-refractivity contribution in [1.29, 1.82) is 0 Å². The summed E-state index contributed by atoms with van der Waals surface area (Å²) in [4.78, 5) is 34.8. The van der Waals surface area contributed by atoms with E-state index in [1.54, 1.807) is 0 Å². The van der Waals surface area contributed by atoms with E-state index in [0.717, 1.165) is 37.5 Å². The van der Waals surface area contributed by atoms with Crippen molar-refractivity contribution < 1.29 is 33.3 Å². The van der Waals surface area contributed by atoms with Crippen LogP contribution in [0, 0.1) is 0 Å². The summed E-state index contributed by atoms with van der Waals surface area (Å²) in [6.45, 7) is 12.1. The number of rotatable bonds is 36. The van der Waals surface area contributed by atoms with Gasteiger partial charge in [-0.15, -0.1) is 0 Å². The van der Waals surface area contributed by atoms with Crippen LogP contribution in [0.4, 0.5) is 0 Å². The molecule has 2 atom stereocenters. The van der Waals surface area contributed by atoms with Crippen molar-refractivity contribution in [3.05, 3.63) is 38.0 Å². The summed E-state index contributed by atoms with van der Waals surface area (Å²) < 4.78 is 21.2. The van der Waals surface area contributed by atoms with E-state index in [1.807, 2.05) is 0 Å². The first kappa shape index (κ1) is 44.6. The second-order valence-corrected chi connectivity index (χ2v) is 12.8. The highest BCUT2D eigenvalue weighted by Crippen LogP contribution is 2.17. The second kappa shape index (κ2) is 34.9. The largest absolute Gasteiger partial charge is 0.458 e. The maximum Gasteiger partial charge on any atom is 0.332 e. The number of carbonyl (C=O) groups is 3. The molecular weight excluding hydrogens is 592 g/mol. The number of unbranched alkanes of at least 4 members (excludes halogenated alkanes) is 24. The minimum absolute atomic E-state index is 0.113. The lowest BCUT2D eigenvalue weighted by Gasteiger charge is -2.22. The molecule has 0 radical (unpaired) electrons. The molecule has 0 saturated heterocycles. The molecule has 7 heteroatoms. The lowest BCUT2D eigenvalue weighted by Crippen LogP contribution is -2.32. The lowest BCUT2D eigenvalue weighted by atomic mass is 10.0. The Kier molecular flexibility index (Phi) is 33.1. The number of hydrogen-bond acceptors (Lipinski definition) is 7. The zero-order valence-electron chi connectivity index (χ0n) is 30.2. The highest BCUT2D eigenvalue weighted by atomic mass is 16.7. The van der Waals surface area contributed by atoms with Gasteiger partial charge in [0.05, 0.1) is 6.61 Å². The number of carbonyl (C=O) groups excluding carboxylic acids is 3. The first-order chi connectivity index (χ1) is 23.0. The van der Waals surface area contributed by atoms with Crippen LogP contribution in [-0.4, -0.2) is 43.5 Å². The van der Waals surface area contributed by atoms with Crippen LogP contribution in [0.5, 0.6) is 0 Å². The fourth-order valence-electron chi connectivity index (χ4n) is 5.58. The zero-order chi connectivity index (χ0) is 34.6. The molecular formula is C40H70O7. The highest BCUT2D eigenvalue weighted by molar-refractivity contribution is 5.82. The first-order valence-electron chi connectivity index (χ1n) is 19.0. The predicted molar refractivity (Wildman–Crippen MR) is 193 cm³/mol. The average molecular weight is 663 g/mol. The van der Waals surface area contributed by atoms with Gasteiger partial charge in [-0.3, -0.25) is 0 Å². The van der Waals surface area contributed by atoms with Crippen molar-refractivity contribution in [1.82, 2.24) is 0 Å². The topological polar surface area (TPSA) is 88.1 Å². The third-order valence-corrected chi connectivity index (χ3v) is 8.45. The van der Waals surface area contributed by atoms with Crippen molar-refractivity contribution in [3.8, 4) is 0 Å². The van der Waals surface area contributed by atoms with Crippen LogP contribution in [0.2, 0.25) is 0 Å². The summed E-state index contributed by atoms with van der Waals surface area (Å²) in [5.74, 6) is -1.91. The van der Waals surface area contributed by atoms with E-state index in [4.69, 9.17) is 18.9 Å². The molecule has 2 unspecified atom stereocenters. The van der Waals surface area contributed by atoms with Gasteiger partial charge in [0.1, 0.15) is 6.61 Å². The Morgan fingerprint density at radius 3 is 1.17 bits per heavy atom. The summed E-state index contributed by atoms with van der Waals surface area (Å²) in [5.41, 5.74) is 0. The van der Waals surface area contributed by atoms with E-state index >= 15 is 0 Å². The quantitative estimate of drug-likeness (QED) is 0.0217. The number of ether oxygens (including phenoxy) is 4. The Morgan fingerprint density at radius 1 is 0.468 bits per heavy atom. The fourth-order valence-corrected chi connectivity index (χ4v) is 5.58. The predicted octanol–water partition coefficient (Wildman–Crippen LogP) is 11.0. The van der Waals surface area contributed by atoms with Crippen LogP contribution >= 0.6 is 0 Å². The summed E-state index contributed by atoms with van der Waals surface area (Å²) >= 11 is 0. The summed E-state index contributed by atoms with van der Waals surface area (Å²) in [7, 11) is 0. The molecule has 0 rings (SSSR count). The Balaban J connectivity index is 3.77. The van der Waals surface area contributed by atoms with Gasteiger partial charge in [0, 0.05) is 24.6 Å². The van der Waals surface area contributed by atoms with Crippen LogP contribution in [0.3, 0.4) is 0 Å². The first-order valence-corrected chi connectivity index (χ1v) is 19.0. The second-order valence-electron chi connectivity index (χ2n) is 12.8. The maximum atomic E-state index is 11.8. The van der Waals surface area contributed by atoms with Gasteiger partial charge in [0.15, 0.2) is 6.10 Å². The smallest absolute Gasteiger partial charge is 0.332 e. The van der Waals surface area contributed by atoms with Crippen molar-refractivity contribution >= 4 is 17.9 Å². The zero-order valence-corrected chi connectivity index (χ0v) is 30.2. The molecule has 0 aromatic heterocycles. The van der Waals surface area contributed by atoms with Gasteiger partial charge in [-0.1, -0.05) is 181 Å². The molecule has 0 fully saturated rings. The van der Waals surface area contributed by atoms with Crippen molar-refractivity contribution in [2.45, 2.75) is 186 Å². The van der Waals surface area contributed by atoms with E-state index in [1.165, 1.54) is 141 Å². The van der Waals surface area contributed by atoms with Crippen molar-refractivity contribution in [3.63, 3.8) is 0 Å². The molecule has 0 N–H and O–H groups in total. The van der Waals surface area contributed by atoms with Crippen LogP contribution < -0.4 is 0 Å². The third-order valence-electron chi connectivity index (χ3n) is 8.45. The van der Waals surface area contributed by atoms with Crippen molar-refractivity contribution in [2.75, 3.05) is 13.2 Å². The third kappa shape index (κ3) is 31.9. The van der Waals surface area contributed by atoms with Gasteiger partial charge in [-0.05, 0) is 6.42 Å². The van der Waals surface area contributed by atoms with Gasteiger partial charge in [0.2, 0.25) is 6.29 Å². The lowest BCUT2D eigenvalue weighted by molar-refractivity contribution is -0.187. The molecule has 0 amide bonds. The van der Waals surface area contributed by atoms with Crippen LogP contribution in [-0.2, 0) is 33.3 Å². The monoisotopic (exact) mass is 663 g/mol. The molecule has 272 valence electrons. The van der Waals surface area contributed by atoms with Gasteiger partial charge in [-0.25, -0.2) is 14.4 Å². The van der Waals surface area contributed by atoms with E-state index in [0.29, 0.717) is 6.42 Å². The summed E-state index contributed by atoms with van der Waals surface area (Å²) in [6, 6.07) is 0. The van der Waals surface area contributed by atoms with Gasteiger partial charge in [0.25, 0.3) is 0 Å². The highest BCUT2D eigenvalue weighted by Gasteiger charge is 2.20. The minimum Gasteiger partial charge on any atom is -0.458 e. The molecule has 47 heavy (non-hydrogen) atoms. The Labute approximate surface area is 288 Å².